The van der Waals surface area contributed by atoms with Gasteiger partial charge in [-0.15, -0.1) is 0 Å². The second-order valence-corrected chi connectivity index (χ2v) is 7.68. The van der Waals surface area contributed by atoms with Crippen LogP contribution >= 0.6 is 27.7 Å². The number of thioether (sulfide) groups is 1. The highest BCUT2D eigenvalue weighted by Crippen LogP contribution is 2.32. The van der Waals surface area contributed by atoms with Crippen LogP contribution in [-0.2, 0) is 4.79 Å². The quantitative estimate of drug-likeness (QED) is 0.670. The molecule has 0 spiro atoms. The van der Waals surface area contributed by atoms with E-state index in [0.29, 0.717) is 0 Å². The number of nitrogens with zero attached hydrogens (tertiary/aromatic N) is 1. The number of nitrogens with one attached hydrogen (secondary N) is 1. The summed E-state index contributed by atoms with van der Waals surface area (Å²) in [5.74, 6) is -3.25. The van der Waals surface area contributed by atoms with Gasteiger partial charge in [0.25, 0.3) is 17.1 Å². The molecular formula is C19H13BrF2N2O3S. The minimum Gasteiger partial charge on any atom is -0.350 e. The Balaban J connectivity index is 1.60. The summed E-state index contributed by atoms with van der Waals surface area (Å²) in [6, 6.07) is 10.1. The van der Waals surface area contributed by atoms with Crippen LogP contribution in [0.2, 0.25) is 0 Å². The molecule has 9 heteroatoms. The molecule has 1 fully saturated rings. The summed E-state index contributed by atoms with van der Waals surface area (Å²) in [6.07, 6.45) is 1.62. The van der Waals surface area contributed by atoms with Gasteiger partial charge in [0.1, 0.15) is 0 Å². The molecule has 0 saturated carbocycles. The van der Waals surface area contributed by atoms with Gasteiger partial charge in [-0.3, -0.25) is 19.3 Å². The second kappa shape index (κ2) is 8.66. The molecule has 2 aromatic rings. The van der Waals surface area contributed by atoms with Crippen LogP contribution in [0.1, 0.15) is 15.9 Å². The highest BCUT2D eigenvalue weighted by atomic mass is 79.9. The zero-order valence-corrected chi connectivity index (χ0v) is 16.6. The van der Waals surface area contributed by atoms with E-state index in [0.717, 1.165) is 44.9 Å². The number of amides is 3. The molecule has 0 bridgehead atoms. The lowest BCUT2D eigenvalue weighted by atomic mass is 10.2. The first kappa shape index (κ1) is 20.2. The number of halogens is 3. The van der Waals surface area contributed by atoms with E-state index in [1.807, 2.05) is 18.2 Å². The number of benzene rings is 2. The van der Waals surface area contributed by atoms with Gasteiger partial charge in [-0.05, 0) is 53.7 Å². The Labute approximate surface area is 171 Å². The van der Waals surface area contributed by atoms with E-state index in [1.54, 1.807) is 12.1 Å². The highest BCUT2D eigenvalue weighted by molar-refractivity contribution is 9.10. The molecule has 3 rings (SSSR count). The summed E-state index contributed by atoms with van der Waals surface area (Å²) in [7, 11) is 0. The summed E-state index contributed by atoms with van der Waals surface area (Å²) in [5.41, 5.74) is 0.717. The predicted molar refractivity (Wildman–Crippen MR) is 106 cm³/mol. The molecule has 0 aliphatic carbocycles. The number of hydrogen-bond donors (Lipinski definition) is 1. The fourth-order valence-electron chi connectivity index (χ4n) is 2.46. The van der Waals surface area contributed by atoms with Gasteiger partial charge in [-0.1, -0.05) is 28.1 Å². The first-order chi connectivity index (χ1) is 13.3. The van der Waals surface area contributed by atoms with Crippen molar-refractivity contribution >= 4 is 50.8 Å². The normalized spacial score (nSPS) is 15.4. The molecule has 144 valence electrons. The molecule has 0 aromatic heterocycles. The number of imide groups is 1. The third kappa shape index (κ3) is 4.66. The van der Waals surface area contributed by atoms with Gasteiger partial charge in [0.15, 0.2) is 11.6 Å². The molecule has 1 saturated heterocycles. The maximum absolute atomic E-state index is 13.2. The van der Waals surface area contributed by atoms with Gasteiger partial charge >= 0.3 is 0 Å². The van der Waals surface area contributed by atoms with Crippen molar-refractivity contribution in [2.24, 2.45) is 0 Å². The Bertz CT molecular complexity index is 997. The zero-order valence-electron chi connectivity index (χ0n) is 14.2. The third-order valence-electron chi connectivity index (χ3n) is 3.82. The van der Waals surface area contributed by atoms with E-state index >= 15 is 0 Å². The summed E-state index contributed by atoms with van der Waals surface area (Å²) >= 11 is 4.16. The predicted octanol–water partition coefficient (Wildman–Crippen LogP) is 4.19. The number of carbonyl (C=O) groups excluding carboxylic acids is 3. The van der Waals surface area contributed by atoms with Crippen molar-refractivity contribution in [3.8, 4) is 0 Å². The lowest BCUT2D eigenvalue weighted by Crippen LogP contribution is -2.37. The minimum atomic E-state index is -1.13. The van der Waals surface area contributed by atoms with Crippen molar-refractivity contribution < 1.29 is 23.2 Å². The van der Waals surface area contributed by atoms with Crippen LogP contribution < -0.4 is 5.32 Å². The van der Waals surface area contributed by atoms with Crippen LogP contribution in [0.25, 0.3) is 6.08 Å². The SMILES string of the molecule is O=C(NCCN1C(=O)S/C(=C\c2cccc(Br)c2)C1=O)c1ccc(F)c(F)c1. The molecule has 0 atom stereocenters. The lowest BCUT2D eigenvalue weighted by molar-refractivity contribution is -0.122. The molecule has 3 amide bonds. The lowest BCUT2D eigenvalue weighted by Gasteiger charge is -2.13. The molecular weight excluding hydrogens is 454 g/mol. The van der Waals surface area contributed by atoms with Gasteiger partial charge < -0.3 is 5.32 Å². The summed E-state index contributed by atoms with van der Waals surface area (Å²) < 4.78 is 27.0. The first-order valence-electron chi connectivity index (χ1n) is 8.09. The largest absolute Gasteiger partial charge is 0.350 e. The fourth-order valence-corrected chi connectivity index (χ4v) is 3.74. The maximum atomic E-state index is 13.2. The Morgan fingerprint density at radius 3 is 2.64 bits per heavy atom. The summed E-state index contributed by atoms with van der Waals surface area (Å²) in [6.45, 7) is -0.0457. The van der Waals surface area contributed by atoms with Crippen LogP contribution in [0.15, 0.2) is 51.8 Å². The molecule has 1 aliphatic rings. The van der Waals surface area contributed by atoms with Gasteiger partial charge in [0, 0.05) is 23.1 Å². The monoisotopic (exact) mass is 466 g/mol. The average Bonchev–Trinajstić information content (AvgIpc) is 2.91. The Kier molecular flexibility index (Phi) is 6.25. The highest BCUT2D eigenvalue weighted by Gasteiger charge is 2.34. The smallest absolute Gasteiger partial charge is 0.293 e. The molecule has 1 N–H and O–H groups in total. The number of carbonyl (C=O) groups is 3. The van der Waals surface area contributed by atoms with Crippen molar-refractivity contribution in [2.45, 2.75) is 0 Å². The third-order valence-corrected chi connectivity index (χ3v) is 5.22. The van der Waals surface area contributed by atoms with Gasteiger partial charge in [0.05, 0.1) is 4.91 Å². The summed E-state index contributed by atoms with van der Waals surface area (Å²) in [4.78, 5) is 37.8. The topological polar surface area (TPSA) is 66.5 Å². The van der Waals surface area contributed by atoms with E-state index in [-0.39, 0.29) is 23.6 Å². The van der Waals surface area contributed by atoms with Crippen LogP contribution in [0, 0.1) is 11.6 Å². The van der Waals surface area contributed by atoms with E-state index in [1.165, 1.54) is 0 Å². The van der Waals surface area contributed by atoms with Crippen LogP contribution in [-0.4, -0.2) is 35.0 Å². The molecule has 1 heterocycles. The minimum absolute atomic E-state index is 0.0139. The average molecular weight is 467 g/mol. The van der Waals surface area contributed by atoms with Crippen molar-refractivity contribution in [1.29, 1.82) is 0 Å². The van der Waals surface area contributed by atoms with E-state index in [2.05, 4.69) is 21.2 Å². The van der Waals surface area contributed by atoms with Crippen molar-refractivity contribution in [3.63, 3.8) is 0 Å². The Morgan fingerprint density at radius 1 is 1.14 bits per heavy atom. The molecule has 0 radical (unpaired) electrons. The van der Waals surface area contributed by atoms with Crippen molar-refractivity contribution in [2.75, 3.05) is 13.1 Å². The number of hydrogen-bond acceptors (Lipinski definition) is 4. The molecule has 5 nitrogen and oxygen atoms in total. The van der Waals surface area contributed by atoms with Crippen molar-refractivity contribution in [3.05, 3.63) is 74.6 Å². The maximum Gasteiger partial charge on any atom is 0.293 e. The summed E-state index contributed by atoms with van der Waals surface area (Å²) in [5, 5.41) is 2.04. The van der Waals surface area contributed by atoms with Gasteiger partial charge in [-0.25, -0.2) is 8.78 Å². The van der Waals surface area contributed by atoms with Crippen LogP contribution in [0.4, 0.5) is 13.6 Å². The van der Waals surface area contributed by atoms with Crippen molar-refractivity contribution in [1.82, 2.24) is 10.2 Å². The molecule has 28 heavy (non-hydrogen) atoms. The van der Waals surface area contributed by atoms with Crippen LogP contribution in [0.3, 0.4) is 0 Å². The van der Waals surface area contributed by atoms with Gasteiger partial charge in [-0.2, -0.15) is 0 Å². The fraction of sp³-hybridized carbons (Fsp3) is 0.105. The zero-order chi connectivity index (χ0) is 20.3. The second-order valence-electron chi connectivity index (χ2n) is 5.77. The van der Waals surface area contributed by atoms with E-state index < -0.39 is 28.7 Å². The van der Waals surface area contributed by atoms with E-state index in [9.17, 15) is 23.2 Å². The molecule has 1 aliphatic heterocycles. The van der Waals surface area contributed by atoms with Crippen LogP contribution in [0.5, 0.6) is 0 Å². The Morgan fingerprint density at radius 2 is 1.93 bits per heavy atom. The standard InChI is InChI=1S/C19H13BrF2N2O3S/c20-13-3-1-2-11(8-13)9-16-18(26)24(19(27)28-16)7-6-23-17(25)12-4-5-14(21)15(22)10-12/h1-5,8-10H,6-7H2,(H,23,25)/b16-9-. The molecule has 0 unspecified atom stereocenters. The number of rotatable bonds is 5. The van der Waals surface area contributed by atoms with Gasteiger partial charge in [0.2, 0.25) is 0 Å². The Hall–Kier alpha value is -2.52. The first-order valence-corrected chi connectivity index (χ1v) is 9.70. The molecule has 2 aromatic carbocycles. The van der Waals surface area contributed by atoms with E-state index in [4.69, 9.17) is 0 Å².